The van der Waals surface area contributed by atoms with E-state index in [0.29, 0.717) is 29.3 Å². The molecule has 0 aliphatic heterocycles. The maximum atomic E-state index is 14.8. The van der Waals surface area contributed by atoms with Crippen molar-refractivity contribution in [3.63, 3.8) is 0 Å². The number of anilines is 2. The molecule has 2 aliphatic carbocycles. The van der Waals surface area contributed by atoms with E-state index in [1.807, 2.05) is 22.6 Å². The van der Waals surface area contributed by atoms with Crippen molar-refractivity contribution in [2.75, 3.05) is 12.4 Å². The highest BCUT2D eigenvalue weighted by Gasteiger charge is 2.38. The number of nitrogens with zero attached hydrogens (tertiary/aromatic N) is 3. The minimum absolute atomic E-state index is 0.0841. The molecule has 14 heteroatoms. The van der Waals surface area contributed by atoms with E-state index >= 15 is 0 Å². The Balaban J connectivity index is 1.73. The van der Waals surface area contributed by atoms with Gasteiger partial charge < -0.3 is 5.32 Å². The van der Waals surface area contributed by atoms with Gasteiger partial charge in [-0.2, -0.15) is 13.1 Å². The third-order valence-corrected chi connectivity index (χ3v) is 8.89. The molecule has 1 aromatic carbocycles. The van der Waals surface area contributed by atoms with Gasteiger partial charge in [-0.05, 0) is 73.4 Å². The first-order valence-corrected chi connectivity index (χ1v) is 14.3. The molecule has 3 N–H and O–H groups in total. The highest BCUT2D eigenvalue weighted by atomic mass is 127. The van der Waals surface area contributed by atoms with Crippen molar-refractivity contribution >= 4 is 55.2 Å². The highest BCUT2D eigenvalue weighted by Crippen LogP contribution is 2.37. The summed E-state index contributed by atoms with van der Waals surface area (Å²) in [4.78, 5) is 40.7. The maximum absolute atomic E-state index is 14.8. The number of nitrogens with one attached hydrogen (secondary N) is 3. The van der Waals surface area contributed by atoms with Gasteiger partial charge in [-0.3, -0.25) is 23.3 Å². The molecule has 2 saturated carbocycles. The van der Waals surface area contributed by atoms with Gasteiger partial charge >= 0.3 is 5.69 Å². The van der Waals surface area contributed by atoms with E-state index in [9.17, 15) is 27.2 Å². The van der Waals surface area contributed by atoms with Crippen LogP contribution in [-0.2, 0) is 17.3 Å². The van der Waals surface area contributed by atoms with Crippen molar-refractivity contribution in [2.45, 2.75) is 50.7 Å². The number of aromatic nitrogens is 3. The van der Waals surface area contributed by atoms with Crippen LogP contribution in [-0.4, -0.2) is 35.2 Å². The molecule has 3 aromatic rings. The van der Waals surface area contributed by atoms with E-state index < -0.39 is 44.9 Å². The molecule has 37 heavy (non-hydrogen) atoms. The molecule has 0 spiro atoms. The minimum atomic E-state index is -3.67. The quantitative estimate of drug-likeness (QED) is 0.336. The lowest BCUT2D eigenvalue weighted by atomic mass is 9.87. The van der Waals surface area contributed by atoms with Crippen molar-refractivity contribution in [1.82, 2.24) is 23.1 Å². The van der Waals surface area contributed by atoms with Crippen molar-refractivity contribution in [3.8, 4) is 0 Å². The average Bonchev–Trinajstić information content (AvgIpc) is 3.64. The van der Waals surface area contributed by atoms with Crippen molar-refractivity contribution < 1.29 is 12.8 Å². The van der Waals surface area contributed by atoms with Gasteiger partial charge in [0, 0.05) is 41.4 Å². The SMILES string of the molecule is CNS(=O)(=O)NC1CC(n2c(=O)n(C3CC3)c(=O)c3c(Nc4ccc(I)cc4F)n(C)c(=O)c(C)c32)C1. The van der Waals surface area contributed by atoms with Crippen molar-refractivity contribution in [2.24, 2.45) is 7.05 Å². The Kier molecular flexibility index (Phi) is 6.57. The predicted molar refractivity (Wildman–Crippen MR) is 146 cm³/mol. The highest BCUT2D eigenvalue weighted by molar-refractivity contribution is 14.1. The van der Waals surface area contributed by atoms with Crippen LogP contribution in [0.4, 0.5) is 15.9 Å². The van der Waals surface area contributed by atoms with Crippen LogP contribution >= 0.6 is 22.6 Å². The lowest BCUT2D eigenvalue weighted by molar-refractivity contribution is 0.244. The fourth-order valence-corrected chi connectivity index (χ4v) is 6.08. The molecule has 0 atom stereocenters. The molecule has 0 amide bonds. The fraction of sp³-hybridized carbons (Fsp3) is 0.435. The van der Waals surface area contributed by atoms with E-state index in [-0.39, 0.29) is 34.0 Å². The smallest absolute Gasteiger partial charge is 0.332 e. The van der Waals surface area contributed by atoms with Crippen LogP contribution in [0.25, 0.3) is 10.9 Å². The molecule has 198 valence electrons. The van der Waals surface area contributed by atoms with Crippen molar-refractivity contribution in [3.05, 3.63) is 64.3 Å². The fourth-order valence-electron chi connectivity index (χ4n) is 4.88. The Bertz CT molecular complexity index is 1720. The third kappa shape index (κ3) is 4.53. The van der Waals surface area contributed by atoms with Crippen LogP contribution in [0, 0.1) is 16.3 Å². The summed E-state index contributed by atoms with van der Waals surface area (Å²) in [5, 5.41) is 3.05. The number of rotatable bonds is 7. The van der Waals surface area contributed by atoms with Gasteiger partial charge in [0.05, 0.1) is 11.2 Å². The van der Waals surface area contributed by atoms with E-state index in [4.69, 9.17) is 0 Å². The van der Waals surface area contributed by atoms with Crippen LogP contribution in [0.15, 0.2) is 32.6 Å². The lowest BCUT2D eigenvalue weighted by Gasteiger charge is -2.37. The summed E-state index contributed by atoms with van der Waals surface area (Å²) < 4.78 is 47.9. The predicted octanol–water partition coefficient (Wildman–Crippen LogP) is 1.75. The van der Waals surface area contributed by atoms with Crippen LogP contribution in [0.3, 0.4) is 0 Å². The van der Waals surface area contributed by atoms with Gasteiger partial charge in [0.15, 0.2) is 0 Å². The maximum Gasteiger partial charge on any atom is 0.332 e. The summed E-state index contributed by atoms with van der Waals surface area (Å²) in [6.07, 6.45) is 1.97. The number of benzene rings is 1. The average molecular weight is 644 g/mol. The van der Waals surface area contributed by atoms with E-state index in [2.05, 4.69) is 14.8 Å². The Hall–Kier alpha value is -2.56. The molecule has 2 heterocycles. The monoisotopic (exact) mass is 644 g/mol. The molecular weight excluding hydrogens is 618 g/mol. The molecule has 0 radical (unpaired) electrons. The first-order chi connectivity index (χ1) is 17.4. The number of pyridine rings is 1. The first kappa shape index (κ1) is 26.1. The molecule has 11 nitrogen and oxygen atoms in total. The number of hydrogen-bond donors (Lipinski definition) is 3. The Labute approximate surface area is 225 Å². The Morgan fingerprint density at radius 1 is 1.05 bits per heavy atom. The summed E-state index contributed by atoms with van der Waals surface area (Å²) in [7, 11) is -0.879. The number of aryl methyl sites for hydroxylation is 1. The molecular formula is C23H26FIN6O5S. The summed E-state index contributed by atoms with van der Waals surface area (Å²) in [5.41, 5.74) is -1.03. The van der Waals surface area contributed by atoms with Gasteiger partial charge in [0.2, 0.25) is 0 Å². The number of fused-ring (bicyclic) bond motifs is 1. The largest absolute Gasteiger partial charge is 0.338 e. The summed E-state index contributed by atoms with van der Waals surface area (Å²) in [6, 6.07) is 3.45. The van der Waals surface area contributed by atoms with Gasteiger partial charge in [0.25, 0.3) is 21.3 Å². The second kappa shape index (κ2) is 9.32. The molecule has 0 unspecified atom stereocenters. The summed E-state index contributed by atoms with van der Waals surface area (Å²) in [6.45, 7) is 1.55. The lowest BCUT2D eigenvalue weighted by Crippen LogP contribution is -2.51. The third-order valence-electron chi connectivity index (χ3n) is 7.04. The van der Waals surface area contributed by atoms with Gasteiger partial charge in [0.1, 0.15) is 17.0 Å². The molecule has 5 rings (SSSR count). The Morgan fingerprint density at radius 2 is 1.73 bits per heavy atom. The van der Waals surface area contributed by atoms with Gasteiger partial charge in [-0.15, -0.1) is 0 Å². The second-order valence-electron chi connectivity index (χ2n) is 9.52. The van der Waals surface area contributed by atoms with Crippen LogP contribution < -0.4 is 31.6 Å². The molecule has 2 aliphatic rings. The summed E-state index contributed by atoms with van der Waals surface area (Å²) in [5.74, 6) is -0.465. The molecule has 0 saturated heterocycles. The molecule has 0 bridgehead atoms. The van der Waals surface area contributed by atoms with Gasteiger partial charge in [-0.1, -0.05) is 0 Å². The number of hydrogen-bond acceptors (Lipinski definition) is 6. The first-order valence-electron chi connectivity index (χ1n) is 11.8. The van der Waals surface area contributed by atoms with Crippen LogP contribution in [0.5, 0.6) is 0 Å². The van der Waals surface area contributed by atoms with Crippen LogP contribution in [0.2, 0.25) is 0 Å². The van der Waals surface area contributed by atoms with E-state index in [0.717, 1.165) is 0 Å². The zero-order chi connectivity index (χ0) is 26.8. The molecule has 2 aromatic heterocycles. The van der Waals surface area contributed by atoms with Crippen LogP contribution in [0.1, 0.15) is 43.3 Å². The van der Waals surface area contributed by atoms with E-state index in [1.165, 1.54) is 39.9 Å². The van der Waals surface area contributed by atoms with Crippen molar-refractivity contribution in [1.29, 1.82) is 0 Å². The topological polar surface area (TPSA) is 136 Å². The number of halogens is 2. The summed E-state index contributed by atoms with van der Waals surface area (Å²) >= 11 is 1.98. The van der Waals surface area contributed by atoms with Gasteiger partial charge in [-0.25, -0.2) is 13.9 Å². The zero-order valence-electron chi connectivity index (χ0n) is 20.3. The standard InChI is InChI=1S/C23H26FIN6O5S/c1-11-19-18(20(29(3)21(11)32)27-17-7-4-12(25)8-16(17)24)22(33)31(14-5-6-14)23(34)30(19)15-9-13(10-15)28-37(35,36)26-2/h4,7-8,13-15,26-28H,5-6,9-10H2,1-3H3. The second-order valence-corrected chi connectivity index (χ2v) is 12.4. The van der Waals surface area contributed by atoms with E-state index in [1.54, 1.807) is 13.0 Å². The Morgan fingerprint density at radius 3 is 2.32 bits per heavy atom. The normalized spacial score (nSPS) is 19.7. The molecule has 2 fully saturated rings. The zero-order valence-corrected chi connectivity index (χ0v) is 23.3. The minimum Gasteiger partial charge on any atom is -0.338 e.